The van der Waals surface area contributed by atoms with Gasteiger partial charge in [0.1, 0.15) is 23.4 Å². The van der Waals surface area contributed by atoms with Crippen molar-refractivity contribution >= 4 is 12.2 Å². The summed E-state index contributed by atoms with van der Waals surface area (Å²) in [5.74, 6) is -0.842. The summed E-state index contributed by atoms with van der Waals surface area (Å²) in [5, 5.41) is 50.2. The quantitative estimate of drug-likeness (QED) is 0.549. The van der Waals surface area contributed by atoms with Crippen LogP contribution in [0.5, 0.6) is 28.7 Å². The van der Waals surface area contributed by atoms with Crippen LogP contribution in [0.3, 0.4) is 0 Å². The third-order valence-corrected chi connectivity index (χ3v) is 4.31. The highest BCUT2D eigenvalue weighted by Gasteiger charge is 2.35. The Morgan fingerprint density at radius 2 is 1.64 bits per heavy atom. The number of benzene rings is 2. The minimum atomic E-state index is -1.01. The maximum atomic E-state index is 10.5. The van der Waals surface area contributed by atoms with Crippen molar-refractivity contribution in [2.45, 2.75) is 18.6 Å². The van der Waals surface area contributed by atoms with E-state index in [0.29, 0.717) is 11.1 Å². The fourth-order valence-electron chi connectivity index (χ4n) is 3.03. The van der Waals surface area contributed by atoms with Crippen LogP contribution in [-0.4, -0.2) is 31.6 Å². The van der Waals surface area contributed by atoms with E-state index in [1.165, 1.54) is 30.4 Å². The van der Waals surface area contributed by atoms with E-state index in [9.17, 15) is 25.5 Å². The topological polar surface area (TPSA) is 110 Å². The standard InChI is InChI=1S/C19H18O6/c1-3-10-16(23)11(4-2)19-12(17(10)24)8-15(22)18(25-19)9-5-6-13(20)14(21)7-9/h3-7,15,18,20-24H,1-2,8H2/t15-,18?/m1/s1. The molecule has 0 saturated heterocycles. The normalized spacial score (nSPS) is 18.9. The molecule has 5 N–H and O–H groups in total. The van der Waals surface area contributed by atoms with Crippen LogP contribution in [0, 0.1) is 0 Å². The fraction of sp³-hybridized carbons (Fsp3) is 0.158. The van der Waals surface area contributed by atoms with Gasteiger partial charge in [-0.2, -0.15) is 0 Å². The lowest BCUT2D eigenvalue weighted by Gasteiger charge is -2.33. The molecule has 25 heavy (non-hydrogen) atoms. The molecule has 1 aliphatic heterocycles. The van der Waals surface area contributed by atoms with E-state index in [1.54, 1.807) is 0 Å². The van der Waals surface area contributed by atoms with Gasteiger partial charge in [-0.15, -0.1) is 0 Å². The number of fused-ring (bicyclic) bond motifs is 1. The molecular weight excluding hydrogens is 324 g/mol. The van der Waals surface area contributed by atoms with Gasteiger partial charge in [-0.3, -0.25) is 0 Å². The van der Waals surface area contributed by atoms with Crippen LogP contribution in [0.2, 0.25) is 0 Å². The van der Waals surface area contributed by atoms with Crippen LogP contribution < -0.4 is 4.74 Å². The molecule has 1 unspecified atom stereocenters. The lowest BCUT2D eigenvalue weighted by atomic mass is 9.90. The third kappa shape index (κ3) is 2.56. The van der Waals surface area contributed by atoms with Crippen LogP contribution in [-0.2, 0) is 6.42 Å². The number of ether oxygens (including phenoxy) is 1. The highest BCUT2D eigenvalue weighted by Crippen LogP contribution is 2.49. The van der Waals surface area contributed by atoms with Gasteiger partial charge in [0.05, 0.1) is 17.2 Å². The zero-order chi connectivity index (χ0) is 18.3. The van der Waals surface area contributed by atoms with Crippen molar-refractivity contribution in [3.05, 3.63) is 53.6 Å². The maximum absolute atomic E-state index is 10.5. The smallest absolute Gasteiger partial charge is 0.157 e. The lowest BCUT2D eigenvalue weighted by molar-refractivity contribution is 0.0195. The van der Waals surface area contributed by atoms with E-state index in [0.717, 1.165) is 0 Å². The van der Waals surface area contributed by atoms with Gasteiger partial charge in [-0.1, -0.05) is 31.4 Å². The molecule has 6 nitrogen and oxygen atoms in total. The molecule has 0 aromatic heterocycles. The fourth-order valence-corrected chi connectivity index (χ4v) is 3.03. The highest BCUT2D eigenvalue weighted by molar-refractivity contribution is 5.78. The Kier molecular flexibility index (Phi) is 4.06. The average molecular weight is 342 g/mol. The van der Waals surface area contributed by atoms with E-state index in [1.807, 2.05) is 0 Å². The summed E-state index contributed by atoms with van der Waals surface area (Å²) in [5.41, 5.74) is 1.21. The number of phenolic OH excluding ortho intramolecular Hbond substituents is 4. The first-order valence-corrected chi connectivity index (χ1v) is 7.61. The predicted octanol–water partition coefficient (Wildman–Crippen LogP) is 2.83. The largest absolute Gasteiger partial charge is 0.507 e. The van der Waals surface area contributed by atoms with Gasteiger partial charge >= 0.3 is 0 Å². The number of hydrogen-bond acceptors (Lipinski definition) is 6. The van der Waals surface area contributed by atoms with Crippen molar-refractivity contribution in [2.24, 2.45) is 0 Å². The Hall–Kier alpha value is -3.12. The third-order valence-electron chi connectivity index (χ3n) is 4.31. The first kappa shape index (κ1) is 16.7. The highest BCUT2D eigenvalue weighted by atomic mass is 16.5. The van der Waals surface area contributed by atoms with Gasteiger partial charge in [0.15, 0.2) is 11.5 Å². The van der Waals surface area contributed by atoms with Crippen molar-refractivity contribution < 1.29 is 30.3 Å². The second-order valence-electron chi connectivity index (χ2n) is 5.80. The molecular formula is C19H18O6. The number of phenols is 4. The van der Waals surface area contributed by atoms with Gasteiger partial charge < -0.3 is 30.3 Å². The van der Waals surface area contributed by atoms with E-state index < -0.39 is 12.2 Å². The number of aliphatic hydroxyl groups is 1. The van der Waals surface area contributed by atoms with Crippen molar-refractivity contribution in [3.63, 3.8) is 0 Å². The molecule has 0 spiro atoms. The van der Waals surface area contributed by atoms with E-state index in [-0.39, 0.29) is 46.3 Å². The predicted molar refractivity (Wildman–Crippen MR) is 92.8 cm³/mol. The van der Waals surface area contributed by atoms with Gasteiger partial charge in [-0.25, -0.2) is 0 Å². The molecule has 0 saturated carbocycles. The SMILES string of the molecule is C=Cc1c(O)c(C=C)c2c(c1O)C[C@@H](O)C(c1ccc(O)c(O)c1)O2. The van der Waals surface area contributed by atoms with Crippen LogP contribution >= 0.6 is 0 Å². The molecule has 1 aliphatic rings. The second-order valence-corrected chi connectivity index (χ2v) is 5.80. The molecule has 2 aromatic rings. The zero-order valence-corrected chi connectivity index (χ0v) is 13.3. The van der Waals surface area contributed by atoms with E-state index in [4.69, 9.17) is 4.74 Å². The summed E-state index contributed by atoms with van der Waals surface area (Å²) in [7, 11) is 0. The van der Waals surface area contributed by atoms with Crippen molar-refractivity contribution in [2.75, 3.05) is 0 Å². The summed E-state index contributed by atoms with van der Waals surface area (Å²) < 4.78 is 5.84. The van der Waals surface area contributed by atoms with E-state index in [2.05, 4.69) is 13.2 Å². The zero-order valence-electron chi connectivity index (χ0n) is 13.3. The summed E-state index contributed by atoms with van der Waals surface area (Å²) in [6, 6.07) is 4.10. The molecule has 1 heterocycles. The molecule has 2 aromatic carbocycles. The molecule has 0 fully saturated rings. The minimum absolute atomic E-state index is 0.0649. The number of aliphatic hydroxyl groups excluding tert-OH is 1. The Balaban J connectivity index is 2.14. The number of hydrogen-bond donors (Lipinski definition) is 5. The summed E-state index contributed by atoms with van der Waals surface area (Å²) in [4.78, 5) is 0. The molecule has 3 rings (SSSR count). The lowest BCUT2D eigenvalue weighted by Crippen LogP contribution is -2.31. The van der Waals surface area contributed by atoms with Crippen LogP contribution in [0.25, 0.3) is 12.2 Å². The van der Waals surface area contributed by atoms with E-state index >= 15 is 0 Å². The van der Waals surface area contributed by atoms with Crippen molar-refractivity contribution in [1.29, 1.82) is 0 Å². The van der Waals surface area contributed by atoms with Gasteiger partial charge in [0, 0.05) is 12.0 Å². The van der Waals surface area contributed by atoms with Crippen molar-refractivity contribution in [3.8, 4) is 28.7 Å². The molecule has 0 bridgehead atoms. The van der Waals surface area contributed by atoms with Gasteiger partial charge in [0.2, 0.25) is 0 Å². The first-order valence-electron chi connectivity index (χ1n) is 7.61. The Bertz CT molecular complexity index is 871. The van der Waals surface area contributed by atoms with Crippen LogP contribution in [0.4, 0.5) is 0 Å². The average Bonchev–Trinajstić information content (AvgIpc) is 2.58. The maximum Gasteiger partial charge on any atom is 0.157 e. The number of aromatic hydroxyl groups is 4. The first-order chi connectivity index (χ1) is 11.9. The monoisotopic (exact) mass is 342 g/mol. The summed E-state index contributed by atoms with van der Waals surface area (Å²) >= 11 is 0. The van der Waals surface area contributed by atoms with Gasteiger partial charge in [0.25, 0.3) is 0 Å². The van der Waals surface area contributed by atoms with Crippen LogP contribution in [0.15, 0.2) is 31.4 Å². The molecule has 130 valence electrons. The minimum Gasteiger partial charge on any atom is -0.507 e. The molecule has 2 atom stereocenters. The van der Waals surface area contributed by atoms with Gasteiger partial charge in [-0.05, 0) is 17.7 Å². The van der Waals surface area contributed by atoms with Crippen molar-refractivity contribution in [1.82, 2.24) is 0 Å². The molecule has 6 heteroatoms. The number of rotatable bonds is 3. The second kappa shape index (κ2) is 6.07. The molecule has 0 radical (unpaired) electrons. The van der Waals surface area contributed by atoms with Crippen LogP contribution in [0.1, 0.15) is 28.4 Å². The Morgan fingerprint density at radius 1 is 0.960 bits per heavy atom. The Morgan fingerprint density at radius 3 is 2.24 bits per heavy atom. The summed E-state index contributed by atoms with van der Waals surface area (Å²) in [6.07, 6.45) is 0.904. The molecule has 0 amide bonds. The summed E-state index contributed by atoms with van der Waals surface area (Å²) in [6.45, 7) is 7.22. The Labute approximate surface area is 144 Å². The molecule has 0 aliphatic carbocycles.